The summed E-state index contributed by atoms with van der Waals surface area (Å²) >= 11 is 3.50. The summed E-state index contributed by atoms with van der Waals surface area (Å²) in [6.45, 7) is 3.94. The van der Waals surface area contributed by atoms with Crippen LogP contribution in [-0.2, 0) is 0 Å². The zero-order valence-corrected chi connectivity index (χ0v) is 12.9. The van der Waals surface area contributed by atoms with Crippen molar-refractivity contribution in [1.29, 1.82) is 0 Å². The zero-order chi connectivity index (χ0) is 13.9. The molecule has 0 bridgehead atoms. The average molecular weight is 337 g/mol. The van der Waals surface area contributed by atoms with Gasteiger partial charge in [0.2, 0.25) is 5.95 Å². The van der Waals surface area contributed by atoms with E-state index in [0.29, 0.717) is 0 Å². The zero-order valence-electron chi connectivity index (χ0n) is 11.3. The number of aromatic amines is 1. The number of rotatable bonds is 3. The number of piperazine rings is 1. The summed E-state index contributed by atoms with van der Waals surface area (Å²) in [6.07, 6.45) is 1.86. The number of anilines is 1. The molecule has 1 aliphatic rings. The van der Waals surface area contributed by atoms with Gasteiger partial charge in [0.05, 0.1) is 19.0 Å². The van der Waals surface area contributed by atoms with E-state index in [-0.39, 0.29) is 0 Å². The van der Waals surface area contributed by atoms with Crippen LogP contribution >= 0.6 is 15.9 Å². The predicted molar refractivity (Wildman–Crippen MR) is 83.4 cm³/mol. The summed E-state index contributed by atoms with van der Waals surface area (Å²) in [7, 11) is 1.68. The molecule has 0 atom stereocenters. The molecule has 1 aromatic carbocycles. The second-order valence-electron chi connectivity index (χ2n) is 4.70. The Morgan fingerprint density at radius 1 is 1.30 bits per heavy atom. The van der Waals surface area contributed by atoms with E-state index in [9.17, 15) is 0 Å². The van der Waals surface area contributed by atoms with Gasteiger partial charge in [-0.1, -0.05) is 15.9 Å². The quantitative estimate of drug-likeness (QED) is 0.902. The van der Waals surface area contributed by atoms with Gasteiger partial charge in [0.1, 0.15) is 5.75 Å². The smallest absolute Gasteiger partial charge is 0.203 e. The van der Waals surface area contributed by atoms with Gasteiger partial charge in [-0.15, -0.1) is 0 Å². The van der Waals surface area contributed by atoms with E-state index in [4.69, 9.17) is 4.74 Å². The highest BCUT2D eigenvalue weighted by molar-refractivity contribution is 9.10. The number of nitrogens with one attached hydrogen (secondary N) is 2. The first-order valence-corrected chi connectivity index (χ1v) is 7.42. The number of H-pyrrole nitrogens is 1. The highest BCUT2D eigenvalue weighted by atomic mass is 79.9. The van der Waals surface area contributed by atoms with E-state index in [2.05, 4.69) is 36.1 Å². The summed E-state index contributed by atoms with van der Waals surface area (Å²) in [5, 5.41) is 3.34. The topological polar surface area (TPSA) is 53.2 Å². The normalized spacial score (nSPS) is 15.4. The van der Waals surface area contributed by atoms with E-state index in [1.165, 1.54) is 0 Å². The van der Waals surface area contributed by atoms with Crippen LogP contribution in [0.15, 0.2) is 28.9 Å². The highest BCUT2D eigenvalue weighted by Gasteiger charge is 2.15. The number of aromatic nitrogens is 2. The Morgan fingerprint density at radius 3 is 2.85 bits per heavy atom. The van der Waals surface area contributed by atoms with Crippen LogP contribution in [0.25, 0.3) is 11.3 Å². The van der Waals surface area contributed by atoms with Crippen molar-refractivity contribution >= 4 is 21.9 Å². The monoisotopic (exact) mass is 336 g/mol. The molecule has 5 nitrogen and oxygen atoms in total. The van der Waals surface area contributed by atoms with Gasteiger partial charge in [0.15, 0.2) is 0 Å². The molecular weight excluding hydrogens is 320 g/mol. The van der Waals surface area contributed by atoms with Gasteiger partial charge < -0.3 is 19.9 Å². The molecular formula is C14H17BrN4O. The average Bonchev–Trinajstić information content (AvgIpc) is 2.98. The summed E-state index contributed by atoms with van der Waals surface area (Å²) < 4.78 is 6.44. The molecule has 20 heavy (non-hydrogen) atoms. The summed E-state index contributed by atoms with van der Waals surface area (Å²) in [6, 6.07) is 5.95. The van der Waals surface area contributed by atoms with E-state index >= 15 is 0 Å². The summed E-state index contributed by atoms with van der Waals surface area (Å²) in [5.74, 6) is 1.76. The van der Waals surface area contributed by atoms with Gasteiger partial charge in [0, 0.05) is 36.2 Å². The summed E-state index contributed by atoms with van der Waals surface area (Å²) in [4.78, 5) is 10.1. The molecule has 106 valence electrons. The standard InChI is InChI=1S/C14H17BrN4O/c1-20-13-3-2-10(15)8-11(13)12-9-17-14(18-12)19-6-4-16-5-7-19/h2-3,8-9,16H,4-7H2,1H3,(H,17,18). The molecule has 3 rings (SSSR count). The van der Waals surface area contributed by atoms with Gasteiger partial charge in [0.25, 0.3) is 0 Å². The predicted octanol–water partition coefficient (Wildman–Crippen LogP) is 2.26. The number of halogens is 1. The highest BCUT2D eigenvalue weighted by Crippen LogP contribution is 2.32. The lowest BCUT2D eigenvalue weighted by Crippen LogP contribution is -2.44. The molecule has 0 saturated carbocycles. The molecule has 1 aliphatic heterocycles. The van der Waals surface area contributed by atoms with Crippen molar-refractivity contribution in [2.75, 3.05) is 38.2 Å². The Kier molecular flexibility index (Phi) is 3.93. The number of ether oxygens (including phenoxy) is 1. The fourth-order valence-corrected chi connectivity index (χ4v) is 2.74. The molecule has 2 N–H and O–H groups in total. The van der Waals surface area contributed by atoms with Crippen molar-refractivity contribution in [2.45, 2.75) is 0 Å². The fraction of sp³-hybridized carbons (Fsp3) is 0.357. The maximum absolute atomic E-state index is 5.42. The number of benzene rings is 1. The minimum absolute atomic E-state index is 0.837. The van der Waals surface area contributed by atoms with Gasteiger partial charge in [-0.25, -0.2) is 4.98 Å². The number of hydrogen-bond acceptors (Lipinski definition) is 4. The van der Waals surface area contributed by atoms with Gasteiger partial charge >= 0.3 is 0 Å². The van der Waals surface area contributed by atoms with Crippen molar-refractivity contribution in [3.8, 4) is 17.0 Å². The van der Waals surface area contributed by atoms with E-state index in [0.717, 1.165) is 53.6 Å². The molecule has 2 heterocycles. The van der Waals surface area contributed by atoms with Crippen LogP contribution in [0.4, 0.5) is 5.95 Å². The van der Waals surface area contributed by atoms with Crippen LogP contribution in [-0.4, -0.2) is 43.3 Å². The molecule has 1 saturated heterocycles. The van der Waals surface area contributed by atoms with E-state index < -0.39 is 0 Å². The van der Waals surface area contributed by atoms with Crippen LogP contribution in [0.3, 0.4) is 0 Å². The van der Waals surface area contributed by atoms with Crippen LogP contribution in [0.1, 0.15) is 0 Å². The number of nitrogens with zero attached hydrogens (tertiary/aromatic N) is 2. The lowest BCUT2D eigenvalue weighted by atomic mass is 10.1. The first-order chi connectivity index (χ1) is 9.78. The van der Waals surface area contributed by atoms with Crippen LogP contribution < -0.4 is 15.0 Å². The number of hydrogen-bond donors (Lipinski definition) is 2. The Labute approximate surface area is 126 Å². The lowest BCUT2D eigenvalue weighted by Gasteiger charge is -2.26. The third-order valence-corrected chi connectivity index (χ3v) is 3.92. The molecule has 0 aliphatic carbocycles. The SMILES string of the molecule is COc1ccc(Br)cc1-c1cnc(N2CCNCC2)[nH]1. The third kappa shape index (κ3) is 2.66. The second-order valence-corrected chi connectivity index (χ2v) is 5.62. The molecule has 1 fully saturated rings. The fourth-order valence-electron chi connectivity index (χ4n) is 2.38. The lowest BCUT2D eigenvalue weighted by molar-refractivity contribution is 0.416. The molecule has 0 spiro atoms. The third-order valence-electron chi connectivity index (χ3n) is 3.43. The van der Waals surface area contributed by atoms with Gasteiger partial charge in [-0.3, -0.25) is 0 Å². The van der Waals surface area contributed by atoms with Crippen molar-refractivity contribution in [2.24, 2.45) is 0 Å². The van der Waals surface area contributed by atoms with E-state index in [1.807, 2.05) is 24.4 Å². The maximum Gasteiger partial charge on any atom is 0.203 e. The number of methoxy groups -OCH3 is 1. The Morgan fingerprint density at radius 2 is 2.10 bits per heavy atom. The van der Waals surface area contributed by atoms with Gasteiger partial charge in [-0.05, 0) is 18.2 Å². The molecule has 0 radical (unpaired) electrons. The molecule has 0 amide bonds. The second kappa shape index (κ2) is 5.85. The minimum Gasteiger partial charge on any atom is -0.496 e. The van der Waals surface area contributed by atoms with Crippen molar-refractivity contribution in [1.82, 2.24) is 15.3 Å². The van der Waals surface area contributed by atoms with Crippen molar-refractivity contribution in [3.63, 3.8) is 0 Å². The molecule has 0 unspecified atom stereocenters. The van der Waals surface area contributed by atoms with Crippen LogP contribution in [0, 0.1) is 0 Å². The molecule has 6 heteroatoms. The maximum atomic E-state index is 5.42. The van der Waals surface area contributed by atoms with Crippen LogP contribution in [0.5, 0.6) is 5.75 Å². The minimum atomic E-state index is 0.837. The molecule has 2 aromatic rings. The summed E-state index contributed by atoms with van der Waals surface area (Å²) in [5.41, 5.74) is 1.98. The Balaban J connectivity index is 1.91. The van der Waals surface area contributed by atoms with Crippen molar-refractivity contribution in [3.05, 3.63) is 28.9 Å². The van der Waals surface area contributed by atoms with E-state index in [1.54, 1.807) is 7.11 Å². The van der Waals surface area contributed by atoms with Crippen molar-refractivity contribution < 1.29 is 4.74 Å². The first kappa shape index (κ1) is 13.5. The first-order valence-electron chi connectivity index (χ1n) is 6.62. The molecule has 1 aromatic heterocycles. The Hall–Kier alpha value is -1.53. The van der Waals surface area contributed by atoms with Gasteiger partial charge in [-0.2, -0.15) is 0 Å². The van der Waals surface area contributed by atoms with Crippen LogP contribution in [0.2, 0.25) is 0 Å². The number of imidazole rings is 1. The Bertz CT molecular complexity index is 593. The largest absolute Gasteiger partial charge is 0.496 e.